The molecule has 1 aliphatic rings. The smallest absolute Gasteiger partial charge is 0.238 e. The van der Waals surface area contributed by atoms with Crippen LogP contribution in [-0.4, -0.2) is 37.6 Å². The summed E-state index contributed by atoms with van der Waals surface area (Å²) in [7, 11) is 3.32. The lowest BCUT2D eigenvalue weighted by molar-refractivity contribution is -0.117. The summed E-state index contributed by atoms with van der Waals surface area (Å²) in [5, 5.41) is 3.06. The molecule has 5 heteroatoms. The van der Waals surface area contributed by atoms with Crippen molar-refractivity contribution >= 4 is 11.6 Å². The van der Waals surface area contributed by atoms with Crippen molar-refractivity contribution in [1.82, 2.24) is 4.90 Å². The van der Waals surface area contributed by atoms with Gasteiger partial charge in [0.2, 0.25) is 5.91 Å². The molecule has 0 aromatic heterocycles. The summed E-state index contributed by atoms with van der Waals surface area (Å²) < 4.78 is 10.8. The first-order valence-corrected chi connectivity index (χ1v) is 9.32. The highest BCUT2D eigenvalue weighted by Crippen LogP contribution is 2.32. The number of ether oxygens (including phenoxy) is 2. The van der Waals surface area contributed by atoms with Crippen LogP contribution in [0.1, 0.15) is 29.5 Å². The van der Waals surface area contributed by atoms with E-state index >= 15 is 0 Å². The number of hydrogen-bond donors (Lipinski definition) is 1. The van der Waals surface area contributed by atoms with Crippen molar-refractivity contribution in [3.05, 3.63) is 53.1 Å². The van der Waals surface area contributed by atoms with Crippen molar-refractivity contribution in [2.24, 2.45) is 0 Å². The monoisotopic (exact) mass is 368 g/mol. The van der Waals surface area contributed by atoms with Crippen molar-refractivity contribution in [3.8, 4) is 11.5 Å². The molecule has 0 radical (unpaired) electrons. The maximum Gasteiger partial charge on any atom is 0.238 e. The van der Waals surface area contributed by atoms with Crippen LogP contribution >= 0.6 is 0 Å². The van der Waals surface area contributed by atoms with E-state index in [-0.39, 0.29) is 5.91 Å². The molecule has 0 atom stereocenters. The van der Waals surface area contributed by atoms with E-state index in [2.05, 4.69) is 16.3 Å². The summed E-state index contributed by atoms with van der Waals surface area (Å²) in [5.74, 6) is 1.62. The number of amides is 1. The van der Waals surface area contributed by atoms with Gasteiger partial charge in [-0.05, 0) is 62.1 Å². The fourth-order valence-corrected chi connectivity index (χ4v) is 3.22. The summed E-state index contributed by atoms with van der Waals surface area (Å²) in [5.41, 5.74) is 4.12. The molecule has 1 aliphatic carbocycles. The van der Waals surface area contributed by atoms with E-state index in [9.17, 15) is 4.79 Å². The molecule has 1 amide bonds. The molecule has 3 rings (SSSR count). The van der Waals surface area contributed by atoms with Crippen LogP contribution in [0, 0.1) is 13.8 Å². The van der Waals surface area contributed by atoms with Crippen LogP contribution in [0.2, 0.25) is 0 Å². The van der Waals surface area contributed by atoms with Crippen LogP contribution in [0.4, 0.5) is 5.69 Å². The van der Waals surface area contributed by atoms with Gasteiger partial charge >= 0.3 is 0 Å². The third kappa shape index (κ3) is 5.01. The minimum Gasteiger partial charge on any atom is -0.497 e. The van der Waals surface area contributed by atoms with E-state index in [4.69, 9.17) is 9.47 Å². The van der Waals surface area contributed by atoms with Crippen molar-refractivity contribution in [2.75, 3.05) is 26.1 Å². The predicted octanol–water partition coefficient (Wildman–Crippen LogP) is 3.92. The Balaban J connectivity index is 1.71. The Morgan fingerprint density at radius 3 is 2.56 bits per heavy atom. The second-order valence-corrected chi connectivity index (χ2v) is 7.18. The summed E-state index contributed by atoms with van der Waals surface area (Å²) in [6, 6.07) is 12.3. The molecule has 144 valence electrons. The van der Waals surface area contributed by atoms with E-state index in [1.54, 1.807) is 14.2 Å². The number of aryl methyl sites for hydroxylation is 2. The van der Waals surface area contributed by atoms with Crippen LogP contribution in [0.5, 0.6) is 11.5 Å². The number of benzene rings is 2. The van der Waals surface area contributed by atoms with Crippen molar-refractivity contribution < 1.29 is 14.3 Å². The maximum atomic E-state index is 12.7. The van der Waals surface area contributed by atoms with Crippen molar-refractivity contribution in [3.63, 3.8) is 0 Å². The van der Waals surface area contributed by atoms with Gasteiger partial charge in [0.1, 0.15) is 11.5 Å². The van der Waals surface area contributed by atoms with E-state index in [1.807, 2.05) is 44.2 Å². The molecule has 0 spiro atoms. The molecular weight excluding hydrogens is 340 g/mol. The summed E-state index contributed by atoms with van der Waals surface area (Å²) >= 11 is 0. The first-order chi connectivity index (χ1) is 13.0. The van der Waals surface area contributed by atoms with Crippen LogP contribution < -0.4 is 14.8 Å². The zero-order valence-electron chi connectivity index (χ0n) is 16.5. The van der Waals surface area contributed by atoms with Crippen LogP contribution in [0.3, 0.4) is 0 Å². The fraction of sp³-hybridized carbons (Fsp3) is 0.409. The molecule has 0 saturated heterocycles. The van der Waals surface area contributed by atoms with E-state index in [0.29, 0.717) is 19.1 Å². The standard InChI is InChI=1S/C22H28N2O3/c1-15-5-6-16(2)20(11-15)23-22(25)14-24(18-7-8-18)13-17-12-19(26-3)9-10-21(17)27-4/h5-6,9-12,18H,7-8,13-14H2,1-4H3,(H,23,25). The second-order valence-electron chi connectivity index (χ2n) is 7.18. The van der Waals surface area contributed by atoms with E-state index < -0.39 is 0 Å². The first kappa shape index (κ1) is 19.2. The molecule has 2 aromatic rings. The number of hydrogen-bond acceptors (Lipinski definition) is 4. The molecule has 5 nitrogen and oxygen atoms in total. The van der Waals surface area contributed by atoms with Crippen molar-refractivity contribution in [1.29, 1.82) is 0 Å². The number of carbonyl (C=O) groups excluding carboxylic acids is 1. The quantitative estimate of drug-likeness (QED) is 0.767. The van der Waals surface area contributed by atoms with Gasteiger partial charge in [-0.15, -0.1) is 0 Å². The molecule has 1 N–H and O–H groups in total. The minimum absolute atomic E-state index is 0.0115. The minimum atomic E-state index is 0.0115. The second kappa shape index (κ2) is 8.44. The SMILES string of the molecule is COc1ccc(OC)c(CN(CC(=O)Nc2cc(C)ccc2C)C2CC2)c1. The van der Waals surface area contributed by atoms with Gasteiger partial charge < -0.3 is 14.8 Å². The van der Waals surface area contributed by atoms with Crippen LogP contribution in [0.25, 0.3) is 0 Å². The third-order valence-electron chi connectivity index (χ3n) is 4.94. The Labute approximate surface area is 161 Å². The Morgan fingerprint density at radius 1 is 1.11 bits per heavy atom. The Bertz CT molecular complexity index is 815. The number of nitrogens with one attached hydrogen (secondary N) is 1. The summed E-state index contributed by atoms with van der Waals surface area (Å²) in [6.07, 6.45) is 2.26. The molecule has 1 fully saturated rings. The lowest BCUT2D eigenvalue weighted by Crippen LogP contribution is -2.34. The Morgan fingerprint density at radius 2 is 1.89 bits per heavy atom. The van der Waals surface area contributed by atoms with Gasteiger partial charge in [0.15, 0.2) is 0 Å². The van der Waals surface area contributed by atoms with Crippen molar-refractivity contribution in [2.45, 2.75) is 39.3 Å². The van der Waals surface area contributed by atoms with Crippen LogP contribution in [0.15, 0.2) is 36.4 Å². The summed E-state index contributed by atoms with van der Waals surface area (Å²) in [6.45, 7) is 5.05. The molecule has 0 heterocycles. The number of rotatable bonds is 8. The van der Waals surface area contributed by atoms with Gasteiger partial charge in [-0.3, -0.25) is 9.69 Å². The van der Waals surface area contributed by atoms with Crippen LogP contribution in [-0.2, 0) is 11.3 Å². The van der Waals surface area contributed by atoms with Gasteiger partial charge in [0.05, 0.1) is 20.8 Å². The lowest BCUT2D eigenvalue weighted by atomic mass is 10.1. The predicted molar refractivity (Wildman–Crippen MR) is 108 cm³/mol. The highest BCUT2D eigenvalue weighted by atomic mass is 16.5. The number of carbonyl (C=O) groups is 1. The average molecular weight is 368 g/mol. The highest BCUT2D eigenvalue weighted by molar-refractivity contribution is 5.93. The molecular formula is C22H28N2O3. The average Bonchev–Trinajstić information content (AvgIpc) is 3.49. The highest BCUT2D eigenvalue weighted by Gasteiger charge is 2.31. The fourth-order valence-electron chi connectivity index (χ4n) is 3.22. The van der Waals surface area contributed by atoms with Gasteiger partial charge in [0, 0.05) is 23.8 Å². The number of nitrogens with zero attached hydrogens (tertiary/aromatic N) is 1. The Kier molecular flexibility index (Phi) is 6.01. The zero-order chi connectivity index (χ0) is 19.4. The molecule has 1 saturated carbocycles. The van der Waals surface area contributed by atoms with Gasteiger partial charge in [-0.2, -0.15) is 0 Å². The maximum absolute atomic E-state index is 12.7. The van der Waals surface area contributed by atoms with E-state index in [0.717, 1.165) is 46.7 Å². The normalized spacial score (nSPS) is 13.5. The van der Waals surface area contributed by atoms with Gasteiger partial charge in [-0.1, -0.05) is 12.1 Å². The van der Waals surface area contributed by atoms with Gasteiger partial charge in [0.25, 0.3) is 0 Å². The van der Waals surface area contributed by atoms with Gasteiger partial charge in [-0.25, -0.2) is 0 Å². The lowest BCUT2D eigenvalue weighted by Gasteiger charge is -2.23. The topological polar surface area (TPSA) is 50.8 Å². The molecule has 2 aromatic carbocycles. The third-order valence-corrected chi connectivity index (χ3v) is 4.94. The summed E-state index contributed by atoms with van der Waals surface area (Å²) in [4.78, 5) is 14.9. The zero-order valence-corrected chi connectivity index (χ0v) is 16.5. The molecule has 0 aliphatic heterocycles. The number of methoxy groups -OCH3 is 2. The Hall–Kier alpha value is -2.53. The first-order valence-electron chi connectivity index (χ1n) is 9.32. The molecule has 0 unspecified atom stereocenters. The largest absolute Gasteiger partial charge is 0.497 e. The van der Waals surface area contributed by atoms with E-state index in [1.165, 1.54) is 0 Å². The number of anilines is 1. The molecule has 0 bridgehead atoms. The molecule has 27 heavy (non-hydrogen) atoms.